The van der Waals surface area contributed by atoms with Crippen LogP contribution in [0.5, 0.6) is 0 Å². The molecule has 0 saturated carbocycles. The average Bonchev–Trinajstić information content (AvgIpc) is 2.66. The summed E-state index contributed by atoms with van der Waals surface area (Å²) in [5, 5.41) is 6.28. The van der Waals surface area contributed by atoms with Gasteiger partial charge in [-0.15, -0.1) is 0 Å². The number of thioether (sulfide) groups is 1. The van der Waals surface area contributed by atoms with Crippen LogP contribution in [-0.2, 0) is 4.79 Å². The van der Waals surface area contributed by atoms with Crippen LogP contribution in [0.25, 0.3) is 0 Å². The molecule has 4 heteroatoms. The minimum atomic E-state index is 0.0838. The summed E-state index contributed by atoms with van der Waals surface area (Å²) in [5.41, 5.74) is 0. The van der Waals surface area contributed by atoms with Gasteiger partial charge in [0.25, 0.3) is 0 Å². The first-order valence-corrected chi connectivity index (χ1v) is 6.48. The zero-order valence-electron chi connectivity index (χ0n) is 9.01. The molecule has 0 aromatic heterocycles. The molecule has 1 rings (SSSR count). The third-order valence-corrected chi connectivity index (χ3v) is 3.59. The van der Waals surface area contributed by atoms with Crippen LogP contribution < -0.4 is 10.6 Å². The number of amides is 1. The molecular weight excluding hydrogens is 196 g/mol. The maximum Gasteiger partial charge on any atom is 0.224 e. The Bertz CT molecular complexity index is 181. The fourth-order valence-electron chi connectivity index (χ4n) is 1.45. The van der Waals surface area contributed by atoms with Crippen LogP contribution in [0.2, 0.25) is 0 Å². The van der Waals surface area contributed by atoms with Gasteiger partial charge in [0.1, 0.15) is 0 Å². The lowest BCUT2D eigenvalue weighted by Crippen LogP contribution is -2.41. The fourth-order valence-corrected chi connectivity index (χ4v) is 2.60. The van der Waals surface area contributed by atoms with Crippen LogP contribution in [0.4, 0.5) is 0 Å². The van der Waals surface area contributed by atoms with Crippen LogP contribution in [0, 0.1) is 5.92 Å². The summed E-state index contributed by atoms with van der Waals surface area (Å²) >= 11 is 1.92. The molecule has 3 nitrogen and oxygen atoms in total. The van der Waals surface area contributed by atoms with E-state index in [1.165, 1.54) is 5.75 Å². The normalized spacial score (nSPS) is 23.4. The van der Waals surface area contributed by atoms with Crippen molar-refractivity contribution in [2.24, 2.45) is 5.92 Å². The topological polar surface area (TPSA) is 41.1 Å². The minimum Gasteiger partial charge on any atom is -0.352 e. The molecule has 0 aromatic carbocycles. The molecule has 1 aliphatic rings. The van der Waals surface area contributed by atoms with E-state index in [1.54, 1.807) is 0 Å². The predicted molar refractivity (Wildman–Crippen MR) is 61.6 cm³/mol. The number of hydrogen-bond acceptors (Lipinski definition) is 3. The zero-order valence-corrected chi connectivity index (χ0v) is 9.82. The summed E-state index contributed by atoms with van der Waals surface area (Å²) in [6.07, 6.45) is 1.13. The number of carbonyl (C=O) groups excluding carboxylic acids is 1. The fraction of sp³-hybridized carbons (Fsp3) is 0.900. The van der Waals surface area contributed by atoms with Gasteiger partial charge >= 0.3 is 0 Å². The van der Waals surface area contributed by atoms with Crippen LogP contribution >= 0.6 is 11.8 Å². The molecule has 2 atom stereocenters. The van der Waals surface area contributed by atoms with E-state index in [1.807, 2.05) is 18.7 Å². The van der Waals surface area contributed by atoms with E-state index in [9.17, 15) is 4.79 Å². The van der Waals surface area contributed by atoms with E-state index in [-0.39, 0.29) is 11.8 Å². The van der Waals surface area contributed by atoms with Gasteiger partial charge < -0.3 is 10.6 Å². The summed E-state index contributed by atoms with van der Waals surface area (Å²) in [4.78, 5) is 11.6. The van der Waals surface area contributed by atoms with E-state index in [0.29, 0.717) is 6.04 Å². The van der Waals surface area contributed by atoms with Gasteiger partial charge in [-0.3, -0.25) is 4.79 Å². The Kier molecular flexibility index (Phi) is 5.33. The standard InChI is InChI=1S/C10H20N2OS/c1-3-11-6-8(2)10(13)12-9-4-5-14-7-9/h8-9,11H,3-7H2,1-2H3,(H,12,13). The Hall–Kier alpha value is -0.220. The molecule has 1 fully saturated rings. The van der Waals surface area contributed by atoms with Gasteiger partial charge in [0, 0.05) is 24.3 Å². The second-order valence-corrected chi connectivity index (χ2v) is 4.93. The Morgan fingerprint density at radius 1 is 1.64 bits per heavy atom. The van der Waals surface area contributed by atoms with E-state index in [2.05, 4.69) is 17.6 Å². The first kappa shape index (κ1) is 11.9. The average molecular weight is 216 g/mol. The van der Waals surface area contributed by atoms with Crippen LogP contribution in [-0.4, -0.2) is 36.5 Å². The Labute approximate surface area is 90.4 Å². The molecule has 1 amide bonds. The maximum absolute atomic E-state index is 11.6. The molecular formula is C10H20N2OS. The van der Waals surface area contributed by atoms with Gasteiger partial charge in [-0.25, -0.2) is 0 Å². The van der Waals surface area contributed by atoms with Crippen molar-refractivity contribution in [3.05, 3.63) is 0 Å². The molecule has 2 N–H and O–H groups in total. The summed E-state index contributed by atoms with van der Waals surface area (Å²) in [6.45, 7) is 5.73. The summed E-state index contributed by atoms with van der Waals surface area (Å²) < 4.78 is 0. The van der Waals surface area contributed by atoms with Gasteiger partial charge in [-0.2, -0.15) is 11.8 Å². The Balaban J connectivity index is 2.18. The van der Waals surface area contributed by atoms with Crippen LogP contribution in [0.3, 0.4) is 0 Å². The second-order valence-electron chi connectivity index (χ2n) is 3.78. The lowest BCUT2D eigenvalue weighted by molar-refractivity contribution is -0.124. The molecule has 2 unspecified atom stereocenters. The number of nitrogens with one attached hydrogen (secondary N) is 2. The Morgan fingerprint density at radius 2 is 2.43 bits per heavy atom. The monoisotopic (exact) mass is 216 g/mol. The maximum atomic E-state index is 11.6. The summed E-state index contributed by atoms with van der Waals surface area (Å²) in [6, 6.07) is 0.413. The molecule has 14 heavy (non-hydrogen) atoms. The van der Waals surface area contributed by atoms with Crippen LogP contribution in [0.1, 0.15) is 20.3 Å². The predicted octanol–water partition coefficient (Wildman–Crippen LogP) is 0.854. The number of carbonyl (C=O) groups is 1. The van der Waals surface area contributed by atoms with Crippen molar-refractivity contribution in [3.8, 4) is 0 Å². The highest BCUT2D eigenvalue weighted by molar-refractivity contribution is 7.99. The molecule has 1 aliphatic heterocycles. The molecule has 82 valence electrons. The molecule has 1 saturated heterocycles. The van der Waals surface area contributed by atoms with Crippen molar-refractivity contribution in [1.82, 2.24) is 10.6 Å². The van der Waals surface area contributed by atoms with Crippen molar-refractivity contribution >= 4 is 17.7 Å². The SMILES string of the molecule is CCNCC(C)C(=O)NC1CCSC1. The lowest BCUT2D eigenvalue weighted by atomic mass is 10.1. The first-order chi connectivity index (χ1) is 6.74. The number of rotatable bonds is 5. The van der Waals surface area contributed by atoms with Crippen molar-refractivity contribution in [1.29, 1.82) is 0 Å². The third kappa shape index (κ3) is 3.88. The van der Waals surface area contributed by atoms with E-state index < -0.39 is 0 Å². The largest absolute Gasteiger partial charge is 0.352 e. The zero-order chi connectivity index (χ0) is 10.4. The first-order valence-electron chi connectivity index (χ1n) is 5.33. The lowest BCUT2D eigenvalue weighted by Gasteiger charge is -2.16. The third-order valence-electron chi connectivity index (χ3n) is 2.42. The van der Waals surface area contributed by atoms with Crippen molar-refractivity contribution < 1.29 is 4.79 Å². The molecule has 0 spiro atoms. The van der Waals surface area contributed by atoms with Crippen molar-refractivity contribution in [3.63, 3.8) is 0 Å². The van der Waals surface area contributed by atoms with Gasteiger partial charge in [0.05, 0.1) is 0 Å². The van der Waals surface area contributed by atoms with Gasteiger partial charge in [0.15, 0.2) is 0 Å². The molecule has 1 heterocycles. The van der Waals surface area contributed by atoms with Crippen LogP contribution in [0.15, 0.2) is 0 Å². The quantitative estimate of drug-likeness (QED) is 0.716. The highest BCUT2D eigenvalue weighted by atomic mass is 32.2. The molecule has 0 aliphatic carbocycles. The summed E-state index contributed by atoms with van der Waals surface area (Å²) in [5.74, 6) is 2.55. The smallest absolute Gasteiger partial charge is 0.224 e. The highest BCUT2D eigenvalue weighted by Gasteiger charge is 2.20. The highest BCUT2D eigenvalue weighted by Crippen LogP contribution is 2.17. The summed E-state index contributed by atoms with van der Waals surface area (Å²) in [7, 11) is 0. The van der Waals surface area contributed by atoms with E-state index >= 15 is 0 Å². The minimum absolute atomic E-state index is 0.0838. The molecule has 0 bridgehead atoms. The Morgan fingerprint density at radius 3 is 3.00 bits per heavy atom. The van der Waals surface area contributed by atoms with Crippen molar-refractivity contribution in [2.45, 2.75) is 26.3 Å². The molecule has 0 radical (unpaired) electrons. The van der Waals surface area contributed by atoms with E-state index in [0.717, 1.165) is 25.3 Å². The van der Waals surface area contributed by atoms with Gasteiger partial charge in [0.2, 0.25) is 5.91 Å². The molecule has 0 aromatic rings. The second kappa shape index (κ2) is 6.30. The van der Waals surface area contributed by atoms with Gasteiger partial charge in [-0.05, 0) is 18.7 Å². The van der Waals surface area contributed by atoms with E-state index in [4.69, 9.17) is 0 Å². The van der Waals surface area contributed by atoms with Gasteiger partial charge in [-0.1, -0.05) is 13.8 Å². The van der Waals surface area contributed by atoms with Crippen molar-refractivity contribution in [2.75, 3.05) is 24.6 Å². The number of hydrogen-bond donors (Lipinski definition) is 2.